The fraction of sp³-hybridized carbons (Fsp3) is 0.231. The Morgan fingerprint density at radius 2 is 2.15 bits per heavy atom. The van der Waals surface area contributed by atoms with E-state index in [-0.39, 0.29) is 16.0 Å². The molecule has 0 saturated heterocycles. The third-order valence-corrected chi connectivity index (χ3v) is 5.96. The molecule has 0 aliphatic heterocycles. The Kier molecular flexibility index (Phi) is 5.25. The van der Waals surface area contributed by atoms with Crippen molar-refractivity contribution in [1.29, 1.82) is 0 Å². The van der Waals surface area contributed by atoms with Crippen molar-refractivity contribution < 1.29 is 8.42 Å². The summed E-state index contributed by atoms with van der Waals surface area (Å²) in [5.41, 5.74) is 1.12. The number of thiophene rings is 1. The van der Waals surface area contributed by atoms with E-state index in [1.54, 1.807) is 23.5 Å². The molecule has 0 fully saturated rings. The molecule has 0 saturated carbocycles. The Morgan fingerprint density at radius 3 is 2.75 bits per heavy atom. The van der Waals surface area contributed by atoms with Crippen molar-refractivity contribution in [2.75, 3.05) is 0 Å². The van der Waals surface area contributed by atoms with E-state index in [2.05, 4.69) is 20.7 Å². The molecule has 108 valence electrons. The van der Waals surface area contributed by atoms with E-state index in [9.17, 15) is 8.42 Å². The number of hydrogen-bond donors (Lipinski definition) is 1. The molecule has 1 aromatic carbocycles. The standard InChI is InChI=1S/C13H13BrClNO2S2/c1-9(6-10-4-5-19-8-10)16-20(17,18)13-3-2-11(14)7-12(13)15/h2-5,7-9,16H,6H2,1H3. The number of benzene rings is 1. The molecule has 1 heterocycles. The van der Waals surface area contributed by atoms with Gasteiger partial charge in [0.05, 0.1) is 5.02 Å². The summed E-state index contributed by atoms with van der Waals surface area (Å²) in [5.74, 6) is 0. The minimum Gasteiger partial charge on any atom is -0.208 e. The molecule has 1 unspecified atom stereocenters. The maximum Gasteiger partial charge on any atom is 0.242 e. The third-order valence-electron chi connectivity index (χ3n) is 2.66. The maximum atomic E-state index is 12.3. The second-order valence-electron chi connectivity index (χ2n) is 4.43. The van der Waals surface area contributed by atoms with Crippen molar-refractivity contribution in [2.45, 2.75) is 24.3 Å². The average Bonchev–Trinajstić information content (AvgIpc) is 2.79. The Balaban J connectivity index is 2.14. The first-order chi connectivity index (χ1) is 9.38. The van der Waals surface area contributed by atoms with Crippen LogP contribution < -0.4 is 4.72 Å². The minimum atomic E-state index is -3.61. The predicted molar refractivity (Wildman–Crippen MR) is 87.0 cm³/mol. The molecule has 0 amide bonds. The second-order valence-corrected chi connectivity index (χ2v) is 8.22. The number of nitrogens with one attached hydrogen (secondary N) is 1. The molecule has 1 N–H and O–H groups in total. The summed E-state index contributed by atoms with van der Waals surface area (Å²) in [6.07, 6.45) is 0.650. The van der Waals surface area contributed by atoms with Gasteiger partial charge in [-0.25, -0.2) is 13.1 Å². The van der Waals surface area contributed by atoms with Crippen molar-refractivity contribution in [3.63, 3.8) is 0 Å². The smallest absolute Gasteiger partial charge is 0.208 e. The van der Waals surface area contributed by atoms with Crippen LogP contribution in [0, 0.1) is 0 Å². The summed E-state index contributed by atoms with van der Waals surface area (Å²) in [7, 11) is -3.61. The SMILES string of the molecule is CC(Cc1ccsc1)NS(=O)(=O)c1ccc(Br)cc1Cl. The molecular weight excluding hydrogens is 382 g/mol. The van der Waals surface area contributed by atoms with Crippen LogP contribution in [0.1, 0.15) is 12.5 Å². The third kappa shape index (κ3) is 4.05. The van der Waals surface area contributed by atoms with E-state index in [1.807, 2.05) is 23.8 Å². The normalized spacial score (nSPS) is 13.3. The van der Waals surface area contributed by atoms with Gasteiger partial charge in [-0.3, -0.25) is 0 Å². The highest BCUT2D eigenvalue weighted by Crippen LogP contribution is 2.25. The van der Waals surface area contributed by atoms with Gasteiger partial charge in [0, 0.05) is 10.5 Å². The summed E-state index contributed by atoms with van der Waals surface area (Å²) < 4.78 is 28.0. The summed E-state index contributed by atoms with van der Waals surface area (Å²) >= 11 is 10.8. The fourth-order valence-electron chi connectivity index (χ4n) is 1.83. The molecule has 2 aromatic rings. The van der Waals surface area contributed by atoms with Gasteiger partial charge in [0.25, 0.3) is 0 Å². The summed E-state index contributed by atoms with van der Waals surface area (Å²) in [5, 5.41) is 4.19. The number of rotatable bonds is 5. The van der Waals surface area contributed by atoms with Gasteiger partial charge in [0.2, 0.25) is 10.0 Å². The van der Waals surface area contributed by atoms with Gasteiger partial charge in [-0.2, -0.15) is 11.3 Å². The van der Waals surface area contributed by atoms with Gasteiger partial charge in [-0.15, -0.1) is 0 Å². The van der Waals surface area contributed by atoms with Crippen molar-refractivity contribution in [3.8, 4) is 0 Å². The Labute approximate surface area is 136 Å². The lowest BCUT2D eigenvalue weighted by molar-refractivity contribution is 0.560. The van der Waals surface area contributed by atoms with Gasteiger partial charge < -0.3 is 0 Å². The first-order valence-electron chi connectivity index (χ1n) is 5.87. The Morgan fingerprint density at radius 1 is 1.40 bits per heavy atom. The zero-order chi connectivity index (χ0) is 14.8. The summed E-state index contributed by atoms with van der Waals surface area (Å²) in [6, 6.07) is 6.51. The lowest BCUT2D eigenvalue weighted by Gasteiger charge is -2.14. The van der Waals surface area contributed by atoms with E-state index in [0.717, 1.165) is 10.0 Å². The molecule has 0 aliphatic carbocycles. The molecule has 0 aliphatic rings. The highest BCUT2D eigenvalue weighted by molar-refractivity contribution is 9.10. The molecule has 0 spiro atoms. The van der Waals surface area contributed by atoms with Gasteiger partial charge in [0.1, 0.15) is 4.90 Å². The van der Waals surface area contributed by atoms with Crippen molar-refractivity contribution in [2.24, 2.45) is 0 Å². The average molecular weight is 395 g/mol. The van der Waals surface area contributed by atoms with Crippen LogP contribution >= 0.6 is 38.9 Å². The highest BCUT2D eigenvalue weighted by Gasteiger charge is 2.20. The lowest BCUT2D eigenvalue weighted by Crippen LogP contribution is -2.34. The van der Waals surface area contributed by atoms with E-state index in [0.29, 0.717) is 6.42 Å². The molecule has 7 heteroatoms. The Hall–Kier alpha value is -0.400. The van der Waals surface area contributed by atoms with Crippen molar-refractivity contribution in [3.05, 3.63) is 50.1 Å². The van der Waals surface area contributed by atoms with Gasteiger partial charge in [-0.05, 0) is 53.9 Å². The Bertz CT molecular complexity index is 686. The fourth-order valence-corrected chi connectivity index (χ4v) is 4.79. The predicted octanol–water partition coefficient (Wildman–Crippen LogP) is 4.07. The van der Waals surface area contributed by atoms with Gasteiger partial charge in [-0.1, -0.05) is 27.5 Å². The van der Waals surface area contributed by atoms with Gasteiger partial charge in [0.15, 0.2) is 0 Å². The quantitative estimate of drug-likeness (QED) is 0.831. The topological polar surface area (TPSA) is 46.2 Å². The summed E-state index contributed by atoms with van der Waals surface area (Å²) in [6.45, 7) is 1.84. The van der Waals surface area contributed by atoms with Crippen LogP contribution in [-0.2, 0) is 16.4 Å². The molecule has 2 rings (SSSR count). The maximum absolute atomic E-state index is 12.3. The van der Waals surface area contributed by atoms with Crippen LogP contribution in [-0.4, -0.2) is 14.5 Å². The summed E-state index contributed by atoms with van der Waals surface area (Å²) in [4.78, 5) is 0.0968. The molecular formula is C13H13BrClNO2S2. The number of halogens is 2. The minimum absolute atomic E-state index is 0.0968. The molecule has 0 bridgehead atoms. The van der Waals surface area contributed by atoms with Crippen molar-refractivity contribution >= 4 is 48.9 Å². The van der Waals surface area contributed by atoms with Crippen LogP contribution in [0.3, 0.4) is 0 Å². The van der Waals surface area contributed by atoms with E-state index >= 15 is 0 Å². The van der Waals surface area contributed by atoms with Crippen molar-refractivity contribution in [1.82, 2.24) is 4.72 Å². The van der Waals surface area contributed by atoms with Crippen LogP contribution in [0.15, 0.2) is 44.4 Å². The van der Waals surface area contributed by atoms with E-state index in [1.165, 1.54) is 6.07 Å². The molecule has 0 radical (unpaired) electrons. The molecule has 3 nitrogen and oxygen atoms in total. The molecule has 20 heavy (non-hydrogen) atoms. The van der Waals surface area contributed by atoms with E-state index < -0.39 is 10.0 Å². The largest absolute Gasteiger partial charge is 0.242 e. The van der Waals surface area contributed by atoms with Crippen LogP contribution in [0.2, 0.25) is 5.02 Å². The van der Waals surface area contributed by atoms with Crippen LogP contribution in [0.4, 0.5) is 0 Å². The zero-order valence-electron chi connectivity index (χ0n) is 10.6. The van der Waals surface area contributed by atoms with Gasteiger partial charge >= 0.3 is 0 Å². The van der Waals surface area contributed by atoms with E-state index in [4.69, 9.17) is 11.6 Å². The number of hydrogen-bond acceptors (Lipinski definition) is 3. The first kappa shape index (κ1) is 16.0. The first-order valence-corrected chi connectivity index (χ1v) is 9.46. The molecule has 1 aromatic heterocycles. The zero-order valence-corrected chi connectivity index (χ0v) is 14.6. The number of sulfonamides is 1. The second kappa shape index (κ2) is 6.58. The lowest BCUT2D eigenvalue weighted by atomic mass is 10.1. The van der Waals surface area contributed by atoms with Crippen LogP contribution in [0.5, 0.6) is 0 Å². The monoisotopic (exact) mass is 393 g/mol. The molecule has 1 atom stereocenters. The van der Waals surface area contributed by atoms with Crippen LogP contribution in [0.25, 0.3) is 0 Å². The highest BCUT2D eigenvalue weighted by atomic mass is 79.9.